The number of aliphatic hydroxyl groups is 1. The van der Waals surface area contributed by atoms with Crippen LogP contribution in [0.2, 0.25) is 0 Å². The van der Waals surface area contributed by atoms with Crippen LogP contribution in [0.5, 0.6) is 0 Å². The molecule has 94 valence electrons. The number of β-amino-alcohol motifs (C(OH)–C–C–N with tert-alkyl or cyclic N) is 1. The molecule has 2 aliphatic rings. The number of nitrogens with zero attached hydrogens (tertiary/aromatic N) is 2. The summed E-state index contributed by atoms with van der Waals surface area (Å²) in [6, 6.07) is 0. The highest BCUT2D eigenvalue weighted by atomic mass is 32.1. The molecule has 0 spiro atoms. The van der Waals surface area contributed by atoms with Crippen molar-refractivity contribution in [1.82, 2.24) is 15.2 Å². The smallest absolute Gasteiger partial charge is 0.102 e. The molecule has 0 aromatic carbocycles. The van der Waals surface area contributed by atoms with Crippen molar-refractivity contribution in [3.05, 3.63) is 15.6 Å². The van der Waals surface area contributed by atoms with Gasteiger partial charge in [0.05, 0.1) is 15.6 Å². The van der Waals surface area contributed by atoms with Gasteiger partial charge in [-0.25, -0.2) is 4.98 Å². The number of rotatable bonds is 1. The Labute approximate surface area is 106 Å². The Kier molecular flexibility index (Phi) is 3.17. The summed E-state index contributed by atoms with van der Waals surface area (Å²) < 4.78 is 0. The summed E-state index contributed by atoms with van der Waals surface area (Å²) >= 11 is 1.72. The van der Waals surface area contributed by atoms with E-state index in [9.17, 15) is 5.11 Å². The van der Waals surface area contributed by atoms with Gasteiger partial charge in [-0.1, -0.05) is 0 Å². The highest BCUT2D eigenvalue weighted by Gasteiger charge is 2.27. The third-order valence-corrected chi connectivity index (χ3v) is 5.01. The summed E-state index contributed by atoms with van der Waals surface area (Å²) in [5.41, 5.74) is 1.07. The number of hydrogen-bond donors (Lipinski definition) is 2. The number of likely N-dealkylation sites (tertiary alicyclic amines) is 1. The van der Waals surface area contributed by atoms with E-state index in [0.29, 0.717) is 12.5 Å². The topological polar surface area (TPSA) is 48.4 Å². The van der Waals surface area contributed by atoms with Crippen molar-refractivity contribution < 1.29 is 5.11 Å². The van der Waals surface area contributed by atoms with Crippen LogP contribution in [-0.4, -0.2) is 41.7 Å². The molecule has 2 aliphatic heterocycles. The van der Waals surface area contributed by atoms with Crippen LogP contribution in [0.15, 0.2) is 0 Å². The molecule has 5 heteroatoms. The second-order valence-electron chi connectivity index (χ2n) is 5.11. The van der Waals surface area contributed by atoms with Crippen molar-refractivity contribution in [1.29, 1.82) is 0 Å². The van der Waals surface area contributed by atoms with Gasteiger partial charge in [0.15, 0.2) is 0 Å². The zero-order valence-corrected chi connectivity index (χ0v) is 11.0. The molecule has 4 nitrogen and oxygen atoms in total. The van der Waals surface area contributed by atoms with E-state index in [0.717, 1.165) is 23.7 Å². The van der Waals surface area contributed by atoms with Crippen molar-refractivity contribution in [3.8, 4) is 0 Å². The maximum absolute atomic E-state index is 9.92. The van der Waals surface area contributed by atoms with Crippen LogP contribution in [0.1, 0.15) is 40.4 Å². The minimum Gasteiger partial charge on any atom is -0.386 e. The Hall–Kier alpha value is -0.490. The van der Waals surface area contributed by atoms with E-state index < -0.39 is 0 Å². The summed E-state index contributed by atoms with van der Waals surface area (Å²) in [6.07, 6.45) is 2.14. The van der Waals surface area contributed by atoms with Crippen LogP contribution >= 0.6 is 11.3 Å². The van der Waals surface area contributed by atoms with E-state index in [2.05, 4.69) is 17.3 Å². The predicted octanol–water partition coefficient (Wildman–Crippen LogP) is 1.09. The van der Waals surface area contributed by atoms with E-state index in [4.69, 9.17) is 4.98 Å². The Morgan fingerprint density at radius 2 is 2.41 bits per heavy atom. The van der Waals surface area contributed by atoms with Crippen LogP contribution in [0.25, 0.3) is 0 Å². The van der Waals surface area contributed by atoms with Gasteiger partial charge in [0.2, 0.25) is 0 Å². The molecular formula is C12H19N3OS. The second kappa shape index (κ2) is 4.65. The molecular weight excluding hydrogens is 234 g/mol. The Morgan fingerprint density at radius 1 is 1.53 bits per heavy atom. The van der Waals surface area contributed by atoms with Gasteiger partial charge in [0, 0.05) is 25.6 Å². The molecule has 1 fully saturated rings. The third kappa shape index (κ3) is 2.25. The molecule has 0 bridgehead atoms. The van der Waals surface area contributed by atoms with Gasteiger partial charge in [0.1, 0.15) is 6.10 Å². The second-order valence-corrected chi connectivity index (χ2v) is 6.17. The molecule has 1 aromatic heterocycles. The molecule has 2 unspecified atom stereocenters. The number of aliphatic hydroxyl groups excluding tert-OH is 1. The normalized spacial score (nSPS) is 30.2. The average molecular weight is 253 g/mol. The SMILES string of the molecule is CN1CCCC(c2nc3c(s2)C(O)CNC3)C1. The fourth-order valence-electron chi connectivity index (χ4n) is 2.73. The Bertz CT molecular complexity index is 406. The van der Waals surface area contributed by atoms with Crippen LogP contribution in [0.4, 0.5) is 0 Å². The monoisotopic (exact) mass is 253 g/mol. The molecule has 1 aromatic rings. The highest BCUT2D eigenvalue weighted by Crippen LogP contribution is 2.35. The molecule has 17 heavy (non-hydrogen) atoms. The fraction of sp³-hybridized carbons (Fsp3) is 0.750. The molecule has 0 radical (unpaired) electrons. The molecule has 2 atom stereocenters. The standard InChI is InChI=1S/C12H19N3OS/c1-15-4-2-3-8(7-15)12-14-9-5-13-6-10(16)11(9)17-12/h8,10,13,16H,2-7H2,1H3. The van der Waals surface area contributed by atoms with E-state index in [1.807, 2.05) is 0 Å². The molecule has 0 amide bonds. The van der Waals surface area contributed by atoms with Gasteiger partial charge in [-0.15, -0.1) is 11.3 Å². The third-order valence-electron chi connectivity index (χ3n) is 3.65. The van der Waals surface area contributed by atoms with Crippen molar-refractivity contribution in [2.45, 2.75) is 31.4 Å². The lowest BCUT2D eigenvalue weighted by atomic mass is 9.99. The number of thiazole rings is 1. The Balaban J connectivity index is 1.83. The summed E-state index contributed by atoms with van der Waals surface area (Å²) in [5, 5.41) is 14.3. The van der Waals surface area contributed by atoms with E-state index >= 15 is 0 Å². The fourth-order valence-corrected chi connectivity index (χ4v) is 3.93. The van der Waals surface area contributed by atoms with Gasteiger partial charge < -0.3 is 15.3 Å². The number of nitrogens with one attached hydrogen (secondary N) is 1. The van der Waals surface area contributed by atoms with Crippen LogP contribution < -0.4 is 5.32 Å². The van der Waals surface area contributed by atoms with Crippen molar-refractivity contribution in [2.75, 3.05) is 26.7 Å². The van der Waals surface area contributed by atoms with Crippen LogP contribution in [0, 0.1) is 0 Å². The number of piperidine rings is 1. The lowest BCUT2D eigenvalue weighted by Gasteiger charge is -2.28. The summed E-state index contributed by atoms with van der Waals surface area (Å²) in [4.78, 5) is 8.20. The van der Waals surface area contributed by atoms with Crippen LogP contribution in [-0.2, 0) is 6.54 Å². The predicted molar refractivity (Wildman–Crippen MR) is 68.3 cm³/mol. The number of fused-ring (bicyclic) bond motifs is 1. The minimum absolute atomic E-state index is 0.355. The van der Waals surface area contributed by atoms with Gasteiger partial charge in [-0.05, 0) is 26.4 Å². The average Bonchev–Trinajstić information content (AvgIpc) is 2.74. The number of hydrogen-bond acceptors (Lipinski definition) is 5. The molecule has 0 saturated carbocycles. The molecule has 2 N–H and O–H groups in total. The summed E-state index contributed by atoms with van der Waals surface area (Å²) in [6.45, 7) is 3.78. The van der Waals surface area contributed by atoms with Gasteiger partial charge in [-0.3, -0.25) is 0 Å². The van der Waals surface area contributed by atoms with Crippen molar-refractivity contribution >= 4 is 11.3 Å². The lowest BCUT2D eigenvalue weighted by Crippen LogP contribution is -2.30. The van der Waals surface area contributed by atoms with Crippen molar-refractivity contribution in [2.24, 2.45) is 0 Å². The quantitative estimate of drug-likeness (QED) is 0.786. The van der Waals surface area contributed by atoms with E-state index in [1.54, 1.807) is 11.3 Å². The minimum atomic E-state index is -0.355. The zero-order chi connectivity index (χ0) is 11.8. The maximum Gasteiger partial charge on any atom is 0.102 e. The van der Waals surface area contributed by atoms with Gasteiger partial charge >= 0.3 is 0 Å². The first-order valence-electron chi connectivity index (χ1n) is 6.31. The molecule has 3 heterocycles. The maximum atomic E-state index is 9.92. The van der Waals surface area contributed by atoms with Gasteiger partial charge in [0.25, 0.3) is 0 Å². The first-order valence-corrected chi connectivity index (χ1v) is 7.12. The first-order chi connectivity index (χ1) is 8.24. The van der Waals surface area contributed by atoms with Crippen molar-refractivity contribution in [3.63, 3.8) is 0 Å². The largest absolute Gasteiger partial charge is 0.386 e. The summed E-state index contributed by atoms with van der Waals surface area (Å²) in [5.74, 6) is 0.566. The number of likely N-dealkylation sites (N-methyl/N-ethyl adjacent to an activating group) is 1. The highest BCUT2D eigenvalue weighted by molar-refractivity contribution is 7.11. The van der Waals surface area contributed by atoms with E-state index in [-0.39, 0.29) is 6.10 Å². The van der Waals surface area contributed by atoms with Crippen LogP contribution in [0.3, 0.4) is 0 Å². The number of aromatic nitrogens is 1. The summed E-state index contributed by atoms with van der Waals surface area (Å²) in [7, 11) is 2.18. The Morgan fingerprint density at radius 3 is 3.18 bits per heavy atom. The molecule has 1 saturated heterocycles. The molecule has 0 aliphatic carbocycles. The zero-order valence-electron chi connectivity index (χ0n) is 10.1. The van der Waals surface area contributed by atoms with Gasteiger partial charge in [-0.2, -0.15) is 0 Å². The molecule has 3 rings (SSSR count). The van der Waals surface area contributed by atoms with E-state index in [1.165, 1.54) is 24.4 Å². The lowest BCUT2D eigenvalue weighted by molar-refractivity contribution is 0.168. The first kappa shape index (κ1) is 11.6.